The van der Waals surface area contributed by atoms with Crippen molar-refractivity contribution in [2.75, 3.05) is 18.0 Å². The average Bonchev–Trinajstić information content (AvgIpc) is 3.01. The minimum Gasteiger partial charge on any atom is -0.352 e. The maximum absolute atomic E-state index is 12.2. The summed E-state index contributed by atoms with van der Waals surface area (Å²) in [4.78, 5) is 25.8. The number of carbonyl (C=O) groups excluding carboxylic acids is 2. The lowest BCUT2D eigenvalue weighted by molar-refractivity contribution is -0.116. The zero-order valence-electron chi connectivity index (χ0n) is 14.0. The minimum absolute atomic E-state index is 0.0345. The number of carbonyl (C=O) groups is 2. The maximum Gasteiger partial charge on any atom is 0.251 e. The molecule has 0 aliphatic carbocycles. The quantitative estimate of drug-likeness (QED) is 0.935. The van der Waals surface area contributed by atoms with E-state index in [-0.39, 0.29) is 17.7 Å². The van der Waals surface area contributed by atoms with E-state index in [1.54, 1.807) is 36.1 Å². The summed E-state index contributed by atoms with van der Waals surface area (Å²) in [7, 11) is 0. The Kier molecular flexibility index (Phi) is 4.80. The second-order valence-corrected chi connectivity index (χ2v) is 6.12. The lowest BCUT2D eigenvalue weighted by Gasteiger charge is -2.15. The molecule has 2 aromatic carbocycles. The number of fused-ring (bicyclic) bond motifs is 1. The highest BCUT2D eigenvalue weighted by molar-refractivity contribution is 5.95. The first kappa shape index (κ1) is 16.7. The summed E-state index contributed by atoms with van der Waals surface area (Å²) in [5.41, 5.74) is 3.07. The van der Waals surface area contributed by atoms with E-state index in [2.05, 4.69) is 5.32 Å². The van der Waals surface area contributed by atoms with Crippen LogP contribution in [0, 0.1) is 11.3 Å². The smallest absolute Gasteiger partial charge is 0.251 e. The van der Waals surface area contributed by atoms with Gasteiger partial charge < -0.3 is 10.2 Å². The molecule has 1 N–H and O–H groups in total. The second-order valence-electron chi connectivity index (χ2n) is 6.12. The molecular weight excluding hydrogens is 314 g/mol. The third-order valence-corrected chi connectivity index (χ3v) is 4.48. The van der Waals surface area contributed by atoms with Crippen LogP contribution < -0.4 is 10.2 Å². The van der Waals surface area contributed by atoms with Gasteiger partial charge in [-0.15, -0.1) is 0 Å². The van der Waals surface area contributed by atoms with Crippen LogP contribution in [0.3, 0.4) is 0 Å². The van der Waals surface area contributed by atoms with Gasteiger partial charge in [0.25, 0.3) is 5.91 Å². The summed E-state index contributed by atoms with van der Waals surface area (Å²) in [5.74, 6) is 0.0601. The largest absolute Gasteiger partial charge is 0.352 e. The number of anilines is 1. The van der Waals surface area contributed by atoms with Crippen LogP contribution in [0.4, 0.5) is 5.69 Å². The van der Waals surface area contributed by atoms with Gasteiger partial charge in [-0.2, -0.15) is 5.26 Å². The van der Waals surface area contributed by atoms with E-state index < -0.39 is 0 Å². The molecule has 0 saturated heterocycles. The van der Waals surface area contributed by atoms with Crippen LogP contribution in [0.5, 0.6) is 0 Å². The molecule has 0 saturated carbocycles. The number of nitriles is 1. The van der Waals surface area contributed by atoms with Crippen molar-refractivity contribution in [1.29, 1.82) is 5.26 Å². The lowest BCUT2D eigenvalue weighted by atomic mass is 9.98. The maximum atomic E-state index is 12.2. The molecule has 1 atom stereocenters. The van der Waals surface area contributed by atoms with Crippen LogP contribution in [-0.2, 0) is 4.79 Å². The van der Waals surface area contributed by atoms with Gasteiger partial charge in [-0.05, 0) is 36.2 Å². The molecule has 0 spiro atoms. The molecule has 1 aliphatic rings. The van der Waals surface area contributed by atoms with Gasteiger partial charge in [-0.3, -0.25) is 9.59 Å². The highest BCUT2D eigenvalue weighted by Gasteiger charge is 2.30. The highest BCUT2D eigenvalue weighted by atomic mass is 16.2. The number of para-hydroxylation sites is 1. The summed E-state index contributed by atoms with van der Waals surface area (Å²) in [6, 6.07) is 16.6. The topological polar surface area (TPSA) is 73.2 Å². The zero-order valence-corrected chi connectivity index (χ0v) is 14.0. The van der Waals surface area contributed by atoms with Crippen LogP contribution in [0.15, 0.2) is 48.5 Å². The zero-order chi connectivity index (χ0) is 17.8. The molecule has 3 rings (SSSR count). The van der Waals surface area contributed by atoms with Crippen molar-refractivity contribution in [2.45, 2.75) is 19.3 Å². The minimum atomic E-state index is -0.188. The van der Waals surface area contributed by atoms with E-state index in [4.69, 9.17) is 5.26 Å². The monoisotopic (exact) mass is 333 g/mol. The third kappa shape index (κ3) is 3.53. The summed E-state index contributed by atoms with van der Waals surface area (Å²) in [6.07, 6.45) is 0.754. The first-order chi connectivity index (χ1) is 12.1. The molecule has 2 aromatic rings. The molecule has 1 aliphatic heterocycles. The van der Waals surface area contributed by atoms with Crippen LogP contribution in [0.25, 0.3) is 0 Å². The van der Waals surface area contributed by atoms with Gasteiger partial charge in [0.2, 0.25) is 5.91 Å². The lowest BCUT2D eigenvalue weighted by Crippen LogP contribution is -2.29. The normalized spacial score (nSPS) is 15.4. The number of nitrogens with one attached hydrogen (secondary N) is 1. The molecule has 126 valence electrons. The molecule has 0 fully saturated rings. The Balaban J connectivity index is 1.62. The van der Waals surface area contributed by atoms with Crippen molar-refractivity contribution in [1.82, 2.24) is 5.32 Å². The van der Waals surface area contributed by atoms with Crippen molar-refractivity contribution in [3.8, 4) is 6.07 Å². The Morgan fingerprint density at radius 1 is 1.24 bits per heavy atom. The Morgan fingerprint density at radius 2 is 2.04 bits per heavy atom. The molecule has 5 heteroatoms. The van der Waals surface area contributed by atoms with Gasteiger partial charge in [0.1, 0.15) is 0 Å². The predicted octanol–water partition coefficient (Wildman–Crippen LogP) is 2.83. The van der Waals surface area contributed by atoms with Crippen molar-refractivity contribution in [3.63, 3.8) is 0 Å². The molecule has 1 unspecified atom stereocenters. The molecule has 0 bridgehead atoms. The van der Waals surface area contributed by atoms with E-state index in [1.165, 1.54) is 0 Å². The number of nitrogens with zero attached hydrogens (tertiary/aromatic N) is 2. The molecular formula is C20H19N3O2. The van der Waals surface area contributed by atoms with Crippen molar-refractivity contribution >= 4 is 17.5 Å². The van der Waals surface area contributed by atoms with E-state index in [0.29, 0.717) is 24.2 Å². The summed E-state index contributed by atoms with van der Waals surface area (Å²) in [6.45, 7) is 2.73. The van der Waals surface area contributed by atoms with E-state index in [0.717, 1.165) is 17.7 Å². The number of hydrogen-bond donors (Lipinski definition) is 1. The standard InChI is InChI=1S/C20H19N3O2/c1-14(24)23-13-17(18-7-2-3-8-19(18)23)9-10-22-20(25)16-6-4-5-15(11-16)12-21/h2-8,11,17H,9-10,13H2,1H3,(H,22,25). The van der Waals surface area contributed by atoms with Gasteiger partial charge >= 0.3 is 0 Å². The van der Waals surface area contributed by atoms with Gasteiger partial charge in [-0.25, -0.2) is 0 Å². The summed E-state index contributed by atoms with van der Waals surface area (Å²) in [5, 5.41) is 11.8. The Labute approximate surface area is 146 Å². The summed E-state index contributed by atoms with van der Waals surface area (Å²) >= 11 is 0. The molecule has 25 heavy (non-hydrogen) atoms. The Bertz CT molecular complexity index is 854. The molecule has 0 radical (unpaired) electrons. The molecule has 5 nitrogen and oxygen atoms in total. The van der Waals surface area contributed by atoms with Gasteiger partial charge in [-0.1, -0.05) is 24.3 Å². The first-order valence-electron chi connectivity index (χ1n) is 8.25. The van der Waals surface area contributed by atoms with Crippen LogP contribution in [0.1, 0.15) is 40.7 Å². The van der Waals surface area contributed by atoms with Crippen molar-refractivity contribution < 1.29 is 9.59 Å². The number of hydrogen-bond acceptors (Lipinski definition) is 3. The molecule has 0 aromatic heterocycles. The fourth-order valence-electron chi connectivity index (χ4n) is 3.23. The van der Waals surface area contributed by atoms with E-state index in [9.17, 15) is 9.59 Å². The van der Waals surface area contributed by atoms with Gasteiger partial charge in [0.15, 0.2) is 0 Å². The number of benzene rings is 2. The fourth-order valence-corrected chi connectivity index (χ4v) is 3.23. The third-order valence-electron chi connectivity index (χ3n) is 4.48. The van der Waals surface area contributed by atoms with Gasteiger partial charge in [0.05, 0.1) is 11.6 Å². The van der Waals surface area contributed by atoms with E-state index in [1.807, 2.05) is 30.3 Å². The van der Waals surface area contributed by atoms with E-state index >= 15 is 0 Å². The fraction of sp³-hybridized carbons (Fsp3) is 0.250. The Morgan fingerprint density at radius 3 is 2.80 bits per heavy atom. The number of amides is 2. The highest BCUT2D eigenvalue weighted by Crippen LogP contribution is 2.37. The van der Waals surface area contributed by atoms with Crippen LogP contribution in [-0.4, -0.2) is 24.9 Å². The number of rotatable bonds is 4. The SMILES string of the molecule is CC(=O)N1CC(CCNC(=O)c2cccc(C#N)c2)c2ccccc21. The summed E-state index contributed by atoms with van der Waals surface area (Å²) < 4.78 is 0. The van der Waals surface area contributed by atoms with Crippen LogP contribution >= 0.6 is 0 Å². The van der Waals surface area contributed by atoms with Crippen LogP contribution in [0.2, 0.25) is 0 Å². The van der Waals surface area contributed by atoms with Crippen molar-refractivity contribution in [3.05, 3.63) is 65.2 Å². The Hall–Kier alpha value is -3.13. The second kappa shape index (κ2) is 7.18. The van der Waals surface area contributed by atoms with Crippen molar-refractivity contribution in [2.24, 2.45) is 0 Å². The molecule has 1 heterocycles. The van der Waals surface area contributed by atoms with Gasteiger partial charge in [0, 0.05) is 37.2 Å². The molecule has 2 amide bonds. The first-order valence-corrected chi connectivity index (χ1v) is 8.25. The predicted molar refractivity (Wildman–Crippen MR) is 95.3 cm³/mol. The average molecular weight is 333 g/mol.